The zero-order valence-electron chi connectivity index (χ0n) is 9.63. The number of hydrogen-bond acceptors (Lipinski definition) is 2. The smallest absolute Gasteiger partial charge is 0.105 e. The van der Waals surface area contributed by atoms with Gasteiger partial charge in [-0.2, -0.15) is 0 Å². The average Bonchev–Trinajstić information content (AvgIpc) is 2.59. The Bertz CT molecular complexity index is 272. The third-order valence-corrected chi connectivity index (χ3v) is 2.85. The van der Waals surface area contributed by atoms with Gasteiger partial charge in [0.05, 0.1) is 6.26 Å². The van der Waals surface area contributed by atoms with Gasteiger partial charge >= 0.3 is 0 Å². The fourth-order valence-electron chi connectivity index (χ4n) is 1.60. The molecule has 1 rings (SSSR count). The van der Waals surface area contributed by atoms with Crippen LogP contribution in [0.25, 0.3) is 0 Å². The van der Waals surface area contributed by atoms with E-state index in [0.717, 1.165) is 31.2 Å². The predicted molar refractivity (Wildman–Crippen MR) is 64.4 cm³/mol. The summed E-state index contributed by atoms with van der Waals surface area (Å²) in [7, 11) is 2.15. The van der Waals surface area contributed by atoms with Crippen LogP contribution in [0.1, 0.15) is 30.6 Å². The molecule has 0 atom stereocenters. The van der Waals surface area contributed by atoms with E-state index in [2.05, 4.69) is 11.9 Å². The molecule has 0 aliphatic heterocycles. The number of nitrogens with zero attached hydrogens (tertiary/aromatic N) is 1. The lowest BCUT2D eigenvalue weighted by Crippen LogP contribution is -2.19. The first kappa shape index (κ1) is 12.6. The minimum atomic E-state index is 0.782. The minimum absolute atomic E-state index is 0.782. The standard InChI is InChI=1S/C12H20ClNO/c1-11-12(6-9-15-11)10-14(2)8-5-3-4-7-13/h6,9H,3-5,7-8,10H2,1-2H3. The molecule has 0 fully saturated rings. The second-order valence-electron chi connectivity index (χ2n) is 3.99. The molecule has 0 unspecified atom stereocenters. The van der Waals surface area contributed by atoms with Gasteiger partial charge in [0.1, 0.15) is 5.76 Å². The maximum Gasteiger partial charge on any atom is 0.105 e. The molecule has 0 N–H and O–H groups in total. The van der Waals surface area contributed by atoms with E-state index in [1.54, 1.807) is 6.26 Å². The van der Waals surface area contributed by atoms with E-state index in [4.69, 9.17) is 16.0 Å². The Morgan fingerprint density at radius 2 is 2.13 bits per heavy atom. The third-order valence-electron chi connectivity index (χ3n) is 2.58. The second-order valence-corrected chi connectivity index (χ2v) is 4.37. The van der Waals surface area contributed by atoms with Crippen molar-refractivity contribution >= 4 is 11.6 Å². The van der Waals surface area contributed by atoms with Gasteiger partial charge in [-0.15, -0.1) is 11.6 Å². The summed E-state index contributed by atoms with van der Waals surface area (Å²) in [6.07, 6.45) is 5.32. The molecule has 0 saturated carbocycles. The first-order valence-electron chi connectivity index (χ1n) is 5.51. The molecule has 0 aliphatic rings. The summed E-state index contributed by atoms with van der Waals surface area (Å²) in [5, 5.41) is 0. The van der Waals surface area contributed by atoms with Gasteiger partial charge in [0.15, 0.2) is 0 Å². The Labute approximate surface area is 97.2 Å². The molecule has 0 bridgehead atoms. The maximum atomic E-state index is 5.63. The Balaban J connectivity index is 2.18. The normalized spacial score (nSPS) is 11.2. The average molecular weight is 230 g/mol. The zero-order valence-corrected chi connectivity index (χ0v) is 10.4. The predicted octanol–water partition coefficient (Wildman–Crippen LogP) is 3.43. The number of alkyl halides is 1. The molecule has 15 heavy (non-hydrogen) atoms. The molecular weight excluding hydrogens is 210 g/mol. The third kappa shape index (κ3) is 4.72. The van der Waals surface area contributed by atoms with Crippen LogP contribution < -0.4 is 0 Å². The number of hydrogen-bond donors (Lipinski definition) is 0. The molecule has 1 aromatic rings. The van der Waals surface area contributed by atoms with E-state index in [9.17, 15) is 0 Å². The molecule has 0 saturated heterocycles. The summed E-state index contributed by atoms with van der Waals surface area (Å²) in [5.74, 6) is 1.81. The van der Waals surface area contributed by atoms with Crippen LogP contribution in [-0.4, -0.2) is 24.4 Å². The Kier molecular flexibility index (Phi) is 5.81. The van der Waals surface area contributed by atoms with Crippen molar-refractivity contribution in [2.75, 3.05) is 19.5 Å². The fraction of sp³-hybridized carbons (Fsp3) is 0.667. The van der Waals surface area contributed by atoms with Crippen LogP contribution in [0.15, 0.2) is 16.7 Å². The van der Waals surface area contributed by atoms with E-state index >= 15 is 0 Å². The van der Waals surface area contributed by atoms with Crippen molar-refractivity contribution in [3.05, 3.63) is 23.7 Å². The minimum Gasteiger partial charge on any atom is -0.469 e. The van der Waals surface area contributed by atoms with E-state index in [0.29, 0.717) is 0 Å². The fourth-order valence-corrected chi connectivity index (χ4v) is 1.79. The van der Waals surface area contributed by atoms with Crippen LogP contribution in [-0.2, 0) is 6.54 Å². The molecular formula is C12H20ClNO. The van der Waals surface area contributed by atoms with E-state index < -0.39 is 0 Å². The number of halogens is 1. The van der Waals surface area contributed by atoms with Gasteiger partial charge in [0.2, 0.25) is 0 Å². The summed E-state index contributed by atoms with van der Waals surface area (Å²) in [6.45, 7) is 4.11. The molecule has 0 aromatic carbocycles. The summed E-state index contributed by atoms with van der Waals surface area (Å²) < 4.78 is 5.26. The van der Waals surface area contributed by atoms with Gasteiger partial charge in [-0.3, -0.25) is 0 Å². The van der Waals surface area contributed by atoms with Crippen LogP contribution in [0.2, 0.25) is 0 Å². The second kappa shape index (κ2) is 6.91. The molecule has 3 heteroatoms. The molecule has 86 valence electrons. The molecule has 0 radical (unpaired) electrons. The van der Waals surface area contributed by atoms with E-state index in [1.165, 1.54) is 18.4 Å². The van der Waals surface area contributed by atoms with Gasteiger partial charge in [-0.05, 0) is 39.4 Å². The van der Waals surface area contributed by atoms with Gasteiger partial charge in [-0.1, -0.05) is 6.42 Å². The quantitative estimate of drug-likeness (QED) is 0.526. The monoisotopic (exact) mass is 229 g/mol. The first-order chi connectivity index (χ1) is 7.24. The summed E-state index contributed by atoms with van der Waals surface area (Å²) in [5.41, 5.74) is 1.29. The topological polar surface area (TPSA) is 16.4 Å². The molecule has 0 aliphatic carbocycles. The number of aryl methyl sites for hydroxylation is 1. The first-order valence-corrected chi connectivity index (χ1v) is 6.05. The van der Waals surface area contributed by atoms with Crippen molar-refractivity contribution in [3.63, 3.8) is 0 Å². The van der Waals surface area contributed by atoms with Crippen LogP contribution in [0.5, 0.6) is 0 Å². The lowest BCUT2D eigenvalue weighted by atomic mass is 10.2. The van der Waals surface area contributed by atoms with E-state index in [1.807, 2.05) is 13.0 Å². The summed E-state index contributed by atoms with van der Waals surface area (Å²) in [6, 6.07) is 2.05. The van der Waals surface area contributed by atoms with E-state index in [-0.39, 0.29) is 0 Å². The maximum absolute atomic E-state index is 5.63. The lowest BCUT2D eigenvalue weighted by molar-refractivity contribution is 0.316. The molecule has 1 heterocycles. The highest BCUT2D eigenvalue weighted by Gasteiger charge is 2.04. The van der Waals surface area contributed by atoms with Crippen LogP contribution >= 0.6 is 11.6 Å². The Morgan fingerprint density at radius 1 is 1.33 bits per heavy atom. The number of rotatable bonds is 7. The van der Waals surface area contributed by atoms with Crippen LogP contribution in [0.4, 0.5) is 0 Å². The van der Waals surface area contributed by atoms with Crippen molar-refractivity contribution in [1.29, 1.82) is 0 Å². The Morgan fingerprint density at radius 3 is 2.73 bits per heavy atom. The number of unbranched alkanes of at least 4 members (excludes halogenated alkanes) is 2. The van der Waals surface area contributed by atoms with Gasteiger partial charge < -0.3 is 9.32 Å². The zero-order chi connectivity index (χ0) is 11.1. The van der Waals surface area contributed by atoms with Crippen molar-refractivity contribution in [1.82, 2.24) is 4.90 Å². The Hall–Kier alpha value is -0.470. The summed E-state index contributed by atoms with van der Waals surface area (Å²) >= 11 is 5.63. The molecule has 0 spiro atoms. The highest BCUT2D eigenvalue weighted by molar-refractivity contribution is 6.17. The van der Waals surface area contributed by atoms with Crippen molar-refractivity contribution in [3.8, 4) is 0 Å². The van der Waals surface area contributed by atoms with Gasteiger partial charge in [-0.25, -0.2) is 0 Å². The number of furan rings is 1. The van der Waals surface area contributed by atoms with Crippen molar-refractivity contribution in [2.24, 2.45) is 0 Å². The lowest BCUT2D eigenvalue weighted by Gasteiger charge is -2.15. The molecule has 2 nitrogen and oxygen atoms in total. The van der Waals surface area contributed by atoms with Crippen LogP contribution in [0, 0.1) is 6.92 Å². The van der Waals surface area contributed by atoms with Crippen molar-refractivity contribution in [2.45, 2.75) is 32.7 Å². The summed E-state index contributed by atoms with van der Waals surface area (Å²) in [4.78, 5) is 2.33. The van der Waals surface area contributed by atoms with Crippen LogP contribution in [0.3, 0.4) is 0 Å². The largest absolute Gasteiger partial charge is 0.469 e. The van der Waals surface area contributed by atoms with Gasteiger partial charge in [0.25, 0.3) is 0 Å². The molecule has 1 aromatic heterocycles. The highest BCUT2D eigenvalue weighted by atomic mass is 35.5. The van der Waals surface area contributed by atoms with Crippen molar-refractivity contribution < 1.29 is 4.42 Å². The highest BCUT2D eigenvalue weighted by Crippen LogP contribution is 2.11. The molecule has 0 amide bonds. The SMILES string of the molecule is Cc1occc1CN(C)CCCCCCl. The van der Waals surface area contributed by atoms with Gasteiger partial charge in [0, 0.05) is 18.0 Å².